The van der Waals surface area contributed by atoms with Gasteiger partial charge in [0.15, 0.2) is 0 Å². The number of alkyl halides is 6. The topological polar surface area (TPSA) is 61.4 Å². The minimum atomic E-state index is -5.09. The summed E-state index contributed by atoms with van der Waals surface area (Å²) < 4.78 is 79.4. The molecule has 0 atom stereocenters. The number of halogens is 6. The van der Waals surface area contributed by atoms with Gasteiger partial charge in [0.05, 0.1) is 16.7 Å². The molecule has 0 unspecified atom stereocenters. The molecule has 0 bridgehead atoms. The van der Waals surface area contributed by atoms with Crippen LogP contribution in [0.15, 0.2) is 66.7 Å². The van der Waals surface area contributed by atoms with E-state index in [0.29, 0.717) is 17.8 Å². The molecule has 5 nitrogen and oxygen atoms in total. The van der Waals surface area contributed by atoms with Gasteiger partial charge >= 0.3 is 12.4 Å². The number of carbonyl (C=O) groups is 2. The molecule has 3 aromatic rings. The van der Waals surface area contributed by atoms with E-state index in [1.165, 1.54) is 12.1 Å². The lowest BCUT2D eigenvalue weighted by atomic mass is 10.0. The first-order valence-corrected chi connectivity index (χ1v) is 12.2. The van der Waals surface area contributed by atoms with E-state index in [-0.39, 0.29) is 23.9 Å². The second-order valence-corrected chi connectivity index (χ2v) is 9.20. The normalized spacial score (nSPS) is 14.2. The summed E-state index contributed by atoms with van der Waals surface area (Å²) in [7, 11) is 0. The number of nitrogens with zero attached hydrogens (tertiary/aromatic N) is 1. The van der Waals surface area contributed by atoms with Crippen LogP contribution in [-0.2, 0) is 18.9 Å². The second kappa shape index (κ2) is 11.4. The first-order valence-electron chi connectivity index (χ1n) is 12.2. The fraction of sp³-hybridized carbons (Fsp3) is 0.286. The molecule has 3 aromatic carbocycles. The van der Waals surface area contributed by atoms with Crippen LogP contribution in [-0.4, -0.2) is 24.9 Å². The third kappa shape index (κ3) is 7.10. The minimum absolute atomic E-state index is 0.0423. The van der Waals surface area contributed by atoms with Crippen LogP contribution in [0.1, 0.15) is 56.7 Å². The zero-order chi connectivity index (χ0) is 28.2. The standard InChI is InChI=1S/C28H25F6N3O2/c29-27(30,31)20-13-19(14-21(15-20)28(32,33)34)25(38)36-22-9-10-24(37-11-5-2-6-12-37)23(16-22)26(39)35-17-18-7-3-1-4-8-18/h1,3-4,7-10,13-16H,2,5-6,11-12,17H2,(H,35,39)(H,36,38). The fourth-order valence-corrected chi connectivity index (χ4v) is 4.37. The smallest absolute Gasteiger partial charge is 0.371 e. The first-order chi connectivity index (χ1) is 18.4. The van der Waals surface area contributed by atoms with Gasteiger partial charge in [0.25, 0.3) is 11.8 Å². The number of hydrogen-bond acceptors (Lipinski definition) is 3. The summed E-state index contributed by atoms with van der Waals surface area (Å²) in [4.78, 5) is 28.0. The second-order valence-electron chi connectivity index (χ2n) is 9.20. The van der Waals surface area contributed by atoms with Crippen molar-refractivity contribution in [1.29, 1.82) is 0 Å². The summed E-state index contributed by atoms with van der Waals surface area (Å²) in [6, 6.07) is 14.3. The van der Waals surface area contributed by atoms with E-state index >= 15 is 0 Å². The van der Waals surface area contributed by atoms with E-state index in [0.717, 1.165) is 37.9 Å². The highest BCUT2D eigenvalue weighted by molar-refractivity contribution is 6.06. The number of benzene rings is 3. The Morgan fingerprint density at radius 1 is 0.744 bits per heavy atom. The van der Waals surface area contributed by atoms with E-state index in [2.05, 4.69) is 10.6 Å². The minimum Gasteiger partial charge on any atom is -0.371 e. The van der Waals surface area contributed by atoms with Crippen molar-refractivity contribution < 1.29 is 35.9 Å². The van der Waals surface area contributed by atoms with Crippen LogP contribution in [0.25, 0.3) is 0 Å². The summed E-state index contributed by atoms with van der Waals surface area (Å²) in [5.41, 5.74) is -2.24. The predicted molar refractivity (Wildman–Crippen MR) is 135 cm³/mol. The van der Waals surface area contributed by atoms with Gasteiger partial charge in [-0.3, -0.25) is 9.59 Å². The average Bonchev–Trinajstić information content (AvgIpc) is 2.91. The van der Waals surface area contributed by atoms with Gasteiger partial charge in [0, 0.05) is 36.6 Å². The van der Waals surface area contributed by atoms with E-state index in [1.807, 2.05) is 35.2 Å². The van der Waals surface area contributed by atoms with Crippen LogP contribution in [0.2, 0.25) is 0 Å². The Balaban J connectivity index is 1.63. The van der Waals surface area contributed by atoms with Crippen molar-refractivity contribution in [3.8, 4) is 0 Å². The Hall–Kier alpha value is -4.02. The van der Waals surface area contributed by atoms with Crippen molar-refractivity contribution in [1.82, 2.24) is 5.32 Å². The Morgan fingerprint density at radius 2 is 1.36 bits per heavy atom. The molecule has 206 valence electrons. The largest absolute Gasteiger partial charge is 0.416 e. The Bertz CT molecular complexity index is 1300. The quantitative estimate of drug-likeness (QED) is 0.329. The van der Waals surface area contributed by atoms with Gasteiger partial charge in [-0.05, 0) is 61.2 Å². The van der Waals surface area contributed by atoms with Gasteiger partial charge < -0.3 is 15.5 Å². The third-order valence-electron chi connectivity index (χ3n) is 6.34. The van der Waals surface area contributed by atoms with Crippen LogP contribution in [0.5, 0.6) is 0 Å². The van der Waals surface area contributed by atoms with E-state index < -0.39 is 40.9 Å². The van der Waals surface area contributed by atoms with Crippen molar-refractivity contribution in [2.45, 2.75) is 38.2 Å². The number of anilines is 2. The molecular formula is C28H25F6N3O2. The predicted octanol–water partition coefficient (Wildman–Crippen LogP) is 6.90. The van der Waals surface area contributed by atoms with Crippen molar-refractivity contribution in [2.75, 3.05) is 23.3 Å². The van der Waals surface area contributed by atoms with E-state index in [4.69, 9.17) is 0 Å². The van der Waals surface area contributed by atoms with Gasteiger partial charge in [-0.25, -0.2) is 0 Å². The van der Waals surface area contributed by atoms with E-state index in [1.54, 1.807) is 6.07 Å². The van der Waals surface area contributed by atoms with Crippen LogP contribution < -0.4 is 15.5 Å². The van der Waals surface area contributed by atoms with Gasteiger partial charge in [-0.2, -0.15) is 26.3 Å². The maximum Gasteiger partial charge on any atom is 0.416 e. The zero-order valence-corrected chi connectivity index (χ0v) is 20.6. The van der Waals surface area contributed by atoms with Gasteiger partial charge in [0.2, 0.25) is 0 Å². The van der Waals surface area contributed by atoms with Crippen LogP contribution in [0.4, 0.5) is 37.7 Å². The Kier molecular flexibility index (Phi) is 8.17. The number of rotatable bonds is 6. The molecule has 0 radical (unpaired) electrons. The molecule has 1 heterocycles. The van der Waals surface area contributed by atoms with E-state index in [9.17, 15) is 35.9 Å². The van der Waals surface area contributed by atoms with Crippen LogP contribution in [0.3, 0.4) is 0 Å². The number of amides is 2. The lowest BCUT2D eigenvalue weighted by Gasteiger charge is -2.30. The van der Waals surface area contributed by atoms with Crippen molar-refractivity contribution in [3.63, 3.8) is 0 Å². The molecule has 39 heavy (non-hydrogen) atoms. The summed E-state index contributed by atoms with van der Waals surface area (Å²) >= 11 is 0. The summed E-state index contributed by atoms with van der Waals surface area (Å²) in [6.07, 6.45) is -7.26. The lowest BCUT2D eigenvalue weighted by molar-refractivity contribution is -0.143. The number of hydrogen-bond donors (Lipinski definition) is 2. The molecule has 1 fully saturated rings. The molecule has 0 aliphatic carbocycles. The SMILES string of the molecule is O=C(Nc1ccc(N2CCCCC2)c(C(=O)NCc2ccccc2)c1)c1cc(C(F)(F)F)cc(C(F)(F)F)c1. The molecule has 0 spiro atoms. The molecule has 2 amide bonds. The molecular weight excluding hydrogens is 524 g/mol. The fourth-order valence-electron chi connectivity index (χ4n) is 4.37. The molecule has 4 rings (SSSR count). The summed E-state index contributed by atoms with van der Waals surface area (Å²) in [5, 5.41) is 5.17. The molecule has 2 N–H and O–H groups in total. The highest BCUT2D eigenvalue weighted by Crippen LogP contribution is 2.36. The van der Waals surface area contributed by atoms with Gasteiger partial charge in [-0.1, -0.05) is 30.3 Å². The van der Waals surface area contributed by atoms with Gasteiger partial charge in [-0.15, -0.1) is 0 Å². The first kappa shape index (κ1) is 28.0. The Morgan fingerprint density at radius 3 is 1.95 bits per heavy atom. The van der Waals surface area contributed by atoms with Gasteiger partial charge in [0.1, 0.15) is 0 Å². The van der Waals surface area contributed by atoms with Crippen LogP contribution >= 0.6 is 0 Å². The molecule has 1 aliphatic heterocycles. The van der Waals surface area contributed by atoms with Crippen LogP contribution in [0, 0.1) is 0 Å². The number of carbonyl (C=O) groups excluding carboxylic acids is 2. The average molecular weight is 550 g/mol. The zero-order valence-electron chi connectivity index (χ0n) is 20.6. The van der Waals surface area contributed by atoms with Crippen molar-refractivity contribution in [3.05, 3.63) is 94.5 Å². The van der Waals surface area contributed by atoms with Crippen molar-refractivity contribution >= 4 is 23.2 Å². The lowest BCUT2D eigenvalue weighted by Crippen LogP contribution is -2.32. The molecule has 1 aliphatic rings. The van der Waals surface area contributed by atoms with Crippen molar-refractivity contribution in [2.24, 2.45) is 0 Å². The summed E-state index contributed by atoms with van der Waals surface area (Å²) in [6.45, 7) is 1.67. The molecule has 1 saturated heterocycles. The Labute approximate surface area is 220 Å². The molecule has 0 saturated carbocycles. The maximum atomic E-state index is 13.2. The maximum absolute atomic E-state index is 13.2. The highest BCUT2D eigenvalue weighted by Gasteiger charge is 2.37. The number of piperidine rings is 1. The number of nitrogens with one attached hydrogen (secondary N) is 2. The molecule has 11 heteroatoms. The summed E-state index contributed by atoms with van der Waals surface area (Å²) in [5.74, 6) is -1.61. The third-order valence-corrected chi connectivity index (χ3v) is 6.34. The molecule has 0 aromatic heterocycles. The highest BCUT2D eigenvalue weighted by atomic mass is 19.4. The monoisotopic (exact) mass is 549 g/mol.